The van der Waals surface area contributed by atoms with Gasteiger partial charge in [0.25, 0.3) is 5.91 Å². The Kier molecular flexibility index (Phi) is 3.59. The monoisotopic (exact) mass is 371 g/mol. The number of benzene rings is 1. The first-order valence-corrected chi connectivity index (χ1v) is 6.82. The predicted molar refractivity (Wildman–Crippen MR) is 77.0 cm³/mol. The van der Waals surface area contributed by atoms with E-state index < -0.39 is 5.91 Å². The van der Waals surface area contributed by atoms with E-state index in [1.54, 1.807) is 10.7 Å². The van der Waals surface area contributed by atoms with E-state index in [0.717, 1.165) is 15.9 Å². The van der Waals surface area contributed by atoms with Gasteiger partial charge in [-0.15, -0.1) is 0 Å². The molecule has 0 unspecified atom stereocenters. The van der Waals surface area contributed by atoms with E-state index in [1.807, 2.05) is 26.0 Å². The molecule has 2 N–H and O–H groups in total. The van der Waals surface area contributed by atoms with Crippen molar-refractivity contribution in [2.45, 2.75) is 13.8 Å². The van der Waals surface area contributed by atoms with Gasteiger partial charge in [0.05, 0.1) is 27.1 Å². The van der Waals surface area contributed by atoms with E-state index in [0.29, 0.717) is 15.7 Å². The number of halogens is 2. The smallest absolute Gasteiger partial charge is 0.252 e. The van der Waals surface area contributed by atoms with Crippen LogP contribution in [0.5, 0.6) is 0 Å². The van der Waals surface area contributed by atoms with Gasteiger partial charge in [0.1, 0.15) is 0 Å². The van der Waals surface area contributed by atoms with Crippen molar-refractivity contribution >= 4 is 37.8 Å². The zero-order valence-electron chi connectivity index (χ0n) is 9.87. The number of nitrogens with two attached hydrogens (primary N) is 1. The molecule has 1 heterocycles. The number of rotatable bonds is 2. The molecule has 0 aliphatic rings. The van der Waals surface area contributed by atoms with Crippen LogP contribution in [-0.4, -0.2) is 15.7 Å². The van der Waals surface area contributed by atoms with Gasteiger partial charge >= 0.3 is 0 Å². The molecular weight excluding hydrogens is 362 g/mol. The number of aryl methyl sites for hydroxylation is 1. The highest BCUT2D eigenvalue weighted by Gasteiger charge is 2.17. The van der Waals surface area contributed by atoms with Crippen LogP contribution in [0.4, 0.5) is 0 Å². The quantitative estimate of drug-likeness (QED) is 0.880. The first kappa shape index (κ1) is 13.3. The molecular formula is C12H11Br2N3O. The number of hydrogen-bond donors (Lipinski definition) is 1. The number of primary amides is 1. The van der Waals surface area contributed by atoms with Gasteiger partial charge in [-0.2, -0.15) is 5.10 Å². The molecule has 1 aromatic carbocycles. The molecule has 0 aliphatic carbocycles. The third kappa shape index (κ3) is 2.10. The Bertz CT molecular complexity index is 634. The van der Waals surface area contributed by atoms with Crippen molar-refractivity contribution in [2.24, 2.45) is 5.73 Å². The maximum absolute atomic E-state index is 11.6. The SMILES string of the molecule is Cc1nn(-c2cccc(Br)c2C(N)=O)c(C)c1Br. The van der Waals surface area contributed by atoms with Crippen molar-refractivity contribution in [3.05, 3.63) is 44.1 Å². The number of carbonyl (C=O) groups excluding carboxylic acids is 1. The molecule has 4 nitrogen and oxygen atoms in total. The molecule has 2 aromatic rings. The van der Waals surface area contributed by atoms with E-state index in [2.05, 4.69) is 37.0 Å². The van der Waals surface area contributed by atoms with E-state index in [1.165, 1.54) is 0 Å². The average Bonchev–Trinajstić information content (AvgIpc) is 2.56. The lowest BCUT2D eigenvalue weighted by molar-refractivity contribution is 0.0999. The van der Waals surface area contributed by atoms with Crippen LogP contribution in [0.25, 0.3) is 5.69 Å². The van der Waals surface area contributed by atoms with E-state index in [9.17, 15) is 4.79 Å². The number of amides is 1. The van der Waals surface area contributed by atoms with E-state index in [-0.39, 0.29) is 0 Å². The van der Waals surface area contributed by atoms with Gasteiger partial charge in [-0.1, -0.05) is 6.07 Å². The lowest BCUT2D eigenvalue weighted by atomic mass is 10.1. The minimum absolute atomic E-state index is 0.426. The minimum Gasteiger partial charge on any atom is -0.365 e. The van der Waals surface area contributed by atoms with Crippen LogP contribution >= 0.6 is 31.9 Å². The third-order valence-electron chi connectivity index (χ3n) is 2.67. The second-order valence-electron chi connectivity index (χ2n) is 3.89. The van der Waals surface area contributed by atoms with E-state index >= 15 is 0 Å². The van der Waals surface area contributed by atoms with Crippen molar-refractivity contribution in [1.29, 1.82) is 0 Å². The Morgan fingerprint density at radius 3 is 2.50 bits per heavy atom. The third-order valence-corrected chi connectivity index (χ3v) is 4.48. The average molecular weight is 373 g/mol. The molecule has 0 saturated heterocycles. The number of aromatic nitrogens is 2. The molecule has 0 fully saturated rings. The van der Waals surface area contributed by atoms with E-state index in [4.69, 9.17) is 5.73 Å². The van der Waals surface area contributed by atoms with Crippen molar-refractivity contribution in [2.75, 3.05) is 0 Å². The molecule has 0 saturated carbocycles. The predicted octanol–water partition coefficient (Wildman–Crippen LogP) is 3.11. The Balaban J connectivity index is 2.75. The molecule has 1 amide bonds. The number of nitrogens with zero attached hydrogens (tertiary/aromatic N) is 2. The summed E-state index contributed by atoms with van der Waals surface area (Å²) in [5.41, 5.74) is 8.31. The summed E-state index contributed by atoms with van der Waals surface area (Å²) in [4.78, 5) is 11.6. The van der Waals surface area contributed by atoms with Gasteiger partial charge in [0.2, 0.25) is 0 Å². The summed E-state index contributed by atoms with van der Waals surface area (Å²) in [6.45, 7) is 3.82. The Morgan fingerprint density at radius 1 is 1.33 bits per heavy atom. The molecule has 18 heavy (non-hydrogen) atoms. The standard InChI is InChI=1S/C12H11Br2N3O/c1-6-11(14)7(2)17(16-6)9-5-3-4-8(13)10(9)12(15)18/h3-5H,1-2H3,(H2,15,18). The van der Waals surface area contributed by atoms with Crippen LogP contribution in [0.15, 0.2) is 27.1 Å². The fourth-order valence-corrected chi connectivity index (χ4v) is 2.59. The molecule has 94 valence electrons. The summed E-state index contributed by atoms with van der Waals surface area (Å²) in [6.07, 6.45) is 0. The van der Waals surface area contributed by atoms with Crippen molar-refractivity contribution in [3.8, 4) is 5.69 Å². The second-order valence-corrected chi connectivity index (χ2v) is 5.54. The highest BCUT2D eigenvalue weighted by atomic mass is 79.9. The lowest BCUT2D eigenvalue weighted by Crippen LogP contribution is -2.16. The highest BCUT2D eigenvalue weighted by molar-refractivity contribution is 9.10. The lowest BCUT2D eigenvalue weighted by Gasteiger charge is -2.10. The maximum Gasteiger partial charge on any atom is 0.252 e. The fraction of sp³-hybridized carbons (Fsp3) is 0.167. The largest absolute Gasteiger partial charge is 0.365 e. The summed E-state index contributed by atoms with van der Waals surface area (Å²) in [5, 5.41) is 4.41. The second kappa shape index (κ2) is 4.85. The molecule has 0 aliphatic heterocycles. The van der Waals surface area contributed by atoms with Gasteiger partial charge < -0.3 is 5.73 Å². The fourth-order valence-electron chi connectivity index (χ4n) is 1.79. The zero-order chi connectivity index (χ0) is 13.4. The molecule has 0 radical (unpaired) electrons. The van der Waals surface area contributed by atoms with Crippen LogP contribution in [0.1, 0.15) is 21.7 Å². The minimum atomic E-state index is -0.485. The highest BCUT2D eigenvalue weighted by Crippen LogP contribution is 2.27. The summed E-state index contributed by atoms with van der Waals surface area (Å²) in [5.74, 6) is -0.485. The maximum atomic E-state index is 11.6. The van der Waals surface area contributed by atoms with Crippen molar-refractivity contribution in [3.63, 3.8) is 0 Å². The Labute approximate surface area is 121 Å². The van der Waals surface area contributed by atoms with Crippen LogP contribution in [0.2, 0.25) is 0 Å². The topological polar surface area (TPSA) is 60.9 Å². The van der Waals surface area contributed by atoms with Crippen LogP contribution in [-0.2, 0) is 0 Å². The van der Waals surface area contributed by atoms with Gasteiger partial charge in [-0.25, -0.2) is 4.68 Å². The first-order valence-electron chi connectivity index (χ1n) is 5.24. The summed E-state index contributed by atoms with van der Waals surface area (Å²) in [6, 6.07) is 5.44. The van der Waals surface area contributed by atoms with Crippen LogP contribution < -0.4 is 5.73 Å². The van der Waals surface area contributed by atoms with Gasteiger partial charge in [-0.3, -0.25) is 4.79 Å². The molecule has 6 heteroatoms. The zero-order valence-corrected chi connectivity index (χ0v) is 13.0. The molecule has 1 aromatic heterocycles. The van der Waals surface area contributed by atoms with Gasteiger partial charge in [-0.05, 0) is 57.8 Å². The molecule has 2 rings (SSSR count). The van der Waals surface area contributed by atoms with Gasteiger partial charge in [0.15, 0.2) is 0 Å². The molecule has 0 spiro atoms. The van der Waals surface area contributed by atoms with Crippen LogP contribution in [0.3, 0.4) is 0 Å². The first-order chi connectivity index (χ1) is 8.43. The van der Waals surface area contributed by atoms with Crippen LogP contribution in [0, 0.1) is 13.8 Å². The Hall–Kier alpha value is -1.14. The summed E-state index contributed by atoms with van der Waals surface area (Å²) >= 11 is 6.81. The molecule has 0 bridgehead atoms. The number of hydrogen-bond acceptors (Lipinski definition) is 2. The van der Waals surface area contributed by atoms with Gasteiger partial charge in [0, 0.05) is 4.47 Å². The number of carbonyl (C=O) groups is 1. The summed E-state index contributed by atoms with van der Waals surface area (Å²) < 4.78 is 3.30. The summed E-state index contributed by atoms with van der Waals surface area (Å²) in [7, 11) is 0. The molecule has 0 atom stereocenters. The normalized spacial score (nSPS) is 10.7. The van der Waals surface area contributed by atoms with Crippen molar-refractivity contribution < 1.29 is 4.79 Å². The Morgan fingerprint density at radius 2 is 2.00 bits per heavy atom. The van der Waals surface area contributed by atoms with Crippen molar-refractivity contribution in [1.82, 2.24) is 9.78 Å².